The van der Waals surface area contributed by atoms with Crippen molar-refractivity contribution < 1.29 is 4.79 Å². The molecule has 0 atom stereocenters. The lowest BCUT2D eigenvalue weighted by Crippen LogP contribution is -2.33. The summed E-state index contributed by atoms with van der Waals surface area (Å²) in [6.45, 7) is 8.79. The van der Waals surface area contributed by atoms with Crippen molar-refractivity contribution in [2.24, 2.45) is 0 Å². The van der Waals surface area contributed by atoms with E-state index in [0.717, 1.165) is 47.6 Å². The van der Waals surface area contributed by atoms with Gasteiger partial charge in [-0.3, -0.25) is 4.79 Å². The number of rotatable bonds is 6. The van der Waals surface area contributed by atoms with E-state index < -0.39 is 0 Å². The Balaban J connectivity index is 1.59. The summed E-state index contributed by atoms with van der Waals surface area (Å²) >= 11 is 6.05. The first-order chi connectivity index (χ1) is 15.8. The molecule has 0 saturated carbocycles. The molecule has 1 amide bonds. The first-order valence-electron chi connectivity index (χ1n) is 11.8. The van der Waals surface area contributed by atoms with Crippen molar-refractivity contribution >= 4 is 23.2 Å². The zero-order valence-electron chi connectivity index (χ0n) is 19.8. The van der Waals surface area contributed by atoms with Gasteiger partial charge in [-0.15, -0.1) is 0 Å². The Morgan fingerprint density at radius 1 is 0.970 bits per heavy atom. The number of para-hydroxylation sites is 1. The highest BCUT2D eigenvalue weighted by Gasteiger charge is 2.23. The molecule has 0 aliphatic carbocycles. The monoisotopic (exact) mass is 460 g/mol. The van der Waals surface area contributed by atoms with Crippen LogP contribution >= 0.6 is 11.6 Å². The zero-order chi connectivity index (χ0) is 23.4. The van der Waals surface area contributed by atoms with Gasteiger partial charge in [0.15, 0.2) is 0 Å². The molecule has 0 bridgehead atoms. The van der Waals surface area contributed by atoms with Crippen molar-refractivity contribution in [1.29, 1.82) is 0 Å². The molecule has 3 aromatic rings. The smallest absolute Gasteiger partial charge is 0.256 e. The maximum Gasteiger partial charge on any atom is 0.256 e. The number of benzene rings is 3. The summed E-state index contributed by atoms with van der Waals surface area (Å²) in [5, 5.41) is 4.20. The highest BCUT2D eigenvalue weighted by atomic mass is 35.5. The van der Waals surface area contributed by atoms with Gasteiger partial charge in [-0.05, 0) is 65.1 Å². The molecular formula is C29H33ClN2O. The number of carbonyl (C=O) groups is 1. The maximum absolute atomic E-state index is 13.8. The van der Waals surface area contributed by atoms with Crippen LogP contribution in [-0.2, 0) is 24.8 Å². The third-order valence-electron chi connectivity index (χ3n) is 6.37. The second-order valence-corrected chi connectivity index (χ2v) is 10.4. The van der Waals surface area contributed by atoms with Gasteiger partial charge >= 0.3 is 0 Å². The number of carbonyl (C=O) groups excluding carboxylic acids is 1. The average molecular weight is 461 g/mol. The molecule has 1 N–H and O–H groups in total. The van der Waals surface area contributed by atoms with Crippen LogP contribution in [0, 0.1) is 0 Å². The quantitative estimate of drug-likeness (QED) is 0.434. The lowest BCUT2D eigenvalue weighted by Gasteiger charge is -2.27. The van der Waals surface area contributed by atoms with Crippen molar-refractivity contribution in [2.75, 3.05) is 18.4 Å². The summed E-state index contributed by atoms with van der Waals surface area (Å²) in [6, 6.07) is 22.7. The second-order valence-electron chi connectivity index (χ2n) is 9.92. The minimum atomic E-state index is 0.0788. The van der Waals surface area contributed by atoms with Gasteiger partial charge in [0.2, 0.25) is 0 Å². The highest BCUT2D eigenvalue weighted by molar-refractivity contribution is 6.30. The minimum absolute atomic E-state index is 0.0788. The Labute approximate surface area is 202 Å². The highest BCUT2D eigenvalue weighted by Crippen LogP contribution is 2.28. The number of hydrogen-bond donors (Lipinski definition) is 1. The molecule has 3 aromatic carbocycles. The fourth-order valence-electron chi connectivity index (χ4n) is 4.36. The van der Waals surface area contributed by atoms with Crippen LogP contribution < -0.4 is 5.32 Å². The standard InChI is InChI=1S/C29H33ClN2O/c1-29(2,3)24-13-9-22(10-14-24)20-32(19-17-21-11-15-25(30)16-12-21)28(33)26-8-4-6-23-7-5-18-31-27(23)26/h4,6,8-16,31H,5,7,17-20H2,1-3H3. The Kier molecular flexibility index (Phi) is 7.09. The normalized spacial score (nSPS) is 13.2. The molecule has 1 heterocycles. The van der Waals surface area contributed by atoms with E-state index in [-0.39, 0.29) is 11.3 Å². The molecule has 3 nitrogen and oxygen atoms in total. The summed E-state index contributed by atoms with van der Waals surface area (Å²) in [4.78, 5) is 15.8. The van der Waals surface area contributed by atoms with Crippen LogP contribution in [0.15, 0.2) is 66.7 Å². The molecule has 33 heavy (non-hydrogen) atoms. The Hall–Kier alpha value is -2.78. The summed E-state index contributed by atoms with van der Waals surface area (Å²) in [7, 11) is 0. The van der Waals surface area contributed by atoms with Crippen molar-refractivity contribution in [3.63, 3.8) is 0 Å². The van der Waals surface area contributed by atoms with E-state index in [0.29, 0.717) is 13.1 Å². The number of anilines is 1. The molecule has 1 aliphatic heterocycles. The molecule has 0 radical (unpaired) electrons. The lowest BCUT2D eigenvalue weighted by atomic mass is 9.87. The van der Waals surface area contributed by atoms with E-state index in [2.05, 4.69) is 56.4 Å². The van der Waals surface area contributed by atoms with Crippen LogP contribution in [0.1, 0.15) is 59.8 Å². The minimum Gasteiger partial charge on any atom is -0.384 e. The zero-order valence-corrected chi connectivity index (χ0v) is 20.6. The number of nitrogens with one attached hydrogen (secondary N) is 1. The number of nitrogens with zero attached hydrogens (tertiary/aromatic N) is 1. The van der Waals surface area contributed by atoms with E-state index in [1.165, 1.54) is 16.7 Å². The second kappa shape index (κ2) is 10.0. The SMILES string of the molecule is CC(C)(C)c1ccc(CN(CCc2ccc(Cl)cc2)C(=O)c2cccc3c2NCCC3)cc1. The number of fused-ring (bicyclic) bond motifs is 1. The molecular weight excluding hydrogens is 428 g/mol. The van der Waals surface area contributed by atoms with E-state index in [1.807, 2.05) is 41.3 Å². The van der Waals surface area contributed by atoms with Gasteiger partial charge in [-0.25, -0.2) is 0 Å². The van der Waals surface area contributed by atoms with Crippen molar-refractivity contribution in [2.45, 2.75) is 52.0 Å². The molecule has 0 spiro atoms. The van der Waals surface area contributed by atoms with Gasteiger partial charge in [0, 0.05) is 24.7 Å². The Bertz CT molecular complexity index is 1100. The Morgan fingerprint density at radius 3 is 2.36 bits per heavy atom. The lowest BCUT2D eigenvalue weighted by molar-refractivity contribution is 0.0746. The number of aryl methyl sites for hydroxylation is 1. The van der Waals surface area contributed by atoms with Gasteiger partial charge in [0.05, 0.1) is 11.3 Å². The molecule has 172 valence electrons. The van der Waals surface area contributed by atoms with Crippen LogP contribution in [0.2, 0.25) is 5.02 Å². The predicted octanol–water partition coefficient (Wildman–Crippen LogP) is 6.88. The predicted molar refractivity (Wildman–Crippen MR) is 138 cm³/mol. The summed E-state index contributed by atoms with van der Waals surface area (Å²) < 4.78 is 0. The average Bonchev–Trinajstić information content (AvgIpc) is 2.81. The summed E-state index contributed by atoms with van der Waals surface area (Å²) in [6.07, 6.45) is 2.90. The van der Waals surface area contributed by atoms with E-state index in [4.69, 9.17) is 11.6 Å². The van der Waals surface area contributed by atoms with Crippen LogP contribution in [0.3, 0.4) is 0 Å². The van der Waals surface area contributed by atoms with Crippen LogP contribution in [-0.4, -0.2) is 23.9 Å². The third-order valence-corrected chi connectivity index (χ3v) is 6.62. The van der Waals surface area contributed by atoms with Gasteiger partial charge in [-0.1, -0.05) is 80.9 Å². The Morgan fingerprint density at radius 2 is 1.67 bits per heavy atom. The topological polar surface area (TPSA) is 32.3 Å². The molecule has 0 saturated heterocycles. The van der Waals surface area contributed by atoms with Crippen molar-refractivity contribution in [3.8, 4) is 0 Å². The third kappa shape index (κ3) is 5.78. The molecule has 0 unspecified atom stereocenters. The van der Waals surface area contributed by atoms with Crippen molar-refractivity contribution in [1.82, 2.24) is 4.90 Å². The van der Waals surface area contributed by atoms with Gasteiger partial charge in [0.1, 0.15) is 0 Å². The summed E-state index contributed by atoms with van der Waals surface area (Å²) in [5.74, 6) is 0.0788. The van der Waals surface area contributed by atoms with Crippen molar-refractivity contribution in [3.05, 3.63) is 99.6 Å². The fraction of sp³-hybridized carbons (Fsp3) is 0.345. The van der Waals surface area contributed by atoms with Crippen LogP contribution in [0.25, 0.3) is 0 Å². The fourth-order valence-corrected chi connectivity index (χ4v) is 4.48. The van der Waals surface area contributed by atoms with Crippen LogP contribution in [0.5, 0.6) is 0 Å². The molecule has 1 aliphatic rings. The van der Waals surface area contributed by atoms with Gasteiger partial charge < -0.3 is 10.2 Å². The number of amides is 1. The molecule has 4 heteroatoms. The molecule has 0 aromatic heterocycles. The van der Waals surface area contributed by atoms with E-state index >= 15 is 0 Å². The number of halogens is 1. The van der Waals surface area contributed by atoms with Gasteiger partial charge in [-0.2, -0.15) is 0 Å². The molecule has 4 rings (SSSR count). The number of hydrogen-bond acceptors (Lipinski definition) is 2. The summed E-state index contributed by atoms with van der Waals surface area (Å²) in [5.41, 5.74) is 6.74. The molecule has 0 fully saturated rings. The van der Waals surface area contributed by atoms with E-state index in [9.17, 15) is 4.79 Å². The first-order valence-corrected chi connectivity index (χ1v) is 12.2. The van der Waals surface area contributed by atoms with E-state index in [1.54, 1.807) is 0 Å². The largest absolute Gasteiger partial charge is 0.384 e. The van der Waals surface area contributed by atoms with Crippen LogP contribution in [0.4, 0.5) is 5.69 Å². The first kappa shape index (κ1) is 23.4. The van der Waals surface area contributed by atoms with Gasteiger partial charge in [0.25, 0.3) is 5.91 Å². The maximum atomic E-state index is 13.8.